The number of anilines is 1. The summed E-state index contributed by atoms with van der Waals surface area (Å²) in [5.74, 6) is 0.0493. The summed E-state index contributed by atoms with van der Waals surface area (Å²) in [4.78, 5) is 17.1. The Bertz CT molecular complexity index is 670. The average molecular weight is 427 g/mol. The zero-order valence-electron chi connectivity index (χ0n) is 18.2. The maximum atomic E-state index is 13.2. The van der Waals surface area contributed by atoms with Crippen LogP contribution < -0.4 is 4.90 Å². The predicted octanol–water partition coefficient (Wildman–Crippen LogP) is 4.34. The first-order valence-electron chi connectivity index (χ1n) is 10.0. The Morgan fingerprint density at radius 1 is 1.29 bits per heavy atom. The smallest absolute Gasteiger partial charge is 0.241 e. The van der Waals surface area contributed by atoms with Gasteiger partial charge in [-0.1, -0.05) is 44.5 Å². The molecule has 1 amide bonds. The lowest BCUT2D eigenvalue weighted by atomic mass is 10.2. The first-order chi connectivity index (χ1) is 13.0. The third-order valence-corrected chi connectivity index (χ3v) is 10.8. The van der Waals surface area contributed by atoms with E-state index in [9.17, 15) is 4.79 Å². The van der Waals surface area contributed by atoms with E-state index in [1.165, 1.54) is 0 Å². The van der Waals surface area contributed by atoms with Gasteiger partial charge in [0.15, 0.2) is 8.32 Å². The summed E-state index contributed by atoms with van der Waals surface area (Å²) in [6.45, 7) is 17.4. The normalized spacial score (nSPS) is 16.2. The molecule has 1 fully saturated rings. The van der Waals surface area contributed by atoms with Crippen molar-refractivity contribution in [3.05, 3.63) is 28.8 Å². The molecular formula is C21H35ClN2O3Si. The SMILES string of the molecule is Cc1cccc(N(CCO[Si](C)(C)C(C)(C)C)C(=O)CN2CCOCC2)c1Cl. The van der Waals surface area contributed by atoms with Gasteiger partial charge in [-0.05, 0) is 36.7 Å². The number of hydrogen-bond acceptors (Lipinski definition) is 4. The Balaban J connectivity index is 2.14. The van der Waals surface area contributed by atoms with Gasteiger partial charge in [0, 0.05) is 19.6 Å². The molecule has 0 saturated carbocycles. The largest absolute Gasteiger partial charge is 0.415 e. The van der Waals surface area contributed by atoms with Crippen LogP contribution in [0.15, 0.2) is 18.2 Å². The molecule has 1 aliphatic heterocycles. The molecule has 1 aromatic carbocycles. The second-order valence-corrected chi connectivity index (χ2v) is 14.1. The van der Waals surface area contributed by atoms with E-state index in [-0.39, 0.29) is 10.9 Å². The summed E-state index contributed by atoms with van der Waals surface area (Å²) in [5.41, 5.74) is 1.73. The molecule has 2 rings (SSSR count). The standard InChI is InChI=1S/C21H35ClN2O3Si/c1-17-8-7-9-18(20(17)22)24(12-15-27-28(5,6)21(2,3)4)19(25)16-23-10-13-26-14-11-23/h7-9H,10-16H2,1-6H3. The third kappa shape index (κ3) is 6.04. The van der Waals surface area contributed by atoms with Crippen molar-refractivity contribution in [3.63, 3.8) is 0 Å². The van der Waals surface area contributed by atoms with Crippen LogP contribution in [-0.4, -0.2) is 65.1 Å². The lowest BCUT2D eigenvalue weighted by molar-refractivity contribution is -0.120. The Kier molecular flexibility index (Phi) is 8.11. The van der Waals surface area contributed by atoms with Crippen molar-refractivity contribution >= 4 is 31.5 Å². The van der Waals surface area contributed by atoms with Gasteiger partial charge in [0.05, 0.1) is 37.1 Å². The Morgan fingerprint density at radius 3 is 2.54 bits per heavy atom. The quantitative estimate of drug-likeness (QED) is 0.608. The van der Waals surface area contributed by atoms with Gasteiger partial charge in [0.1, 0.15) is 0 Å². The van der Waals surface area contributed by atoms with Crippen molar-refractivity contribution < 1.29 is 14.0 Å². The molecule has 0 spiro atoms. The Labute approximate surface area is 176 Å². The van der Waals surface area contributed by atoms with E-state index in [0.717, 1.165) is 24.3 Å². The molecule has 28 heavy (non-hydrogen) atoms. The lowest BCUT2D eigenvalue weighted by Crippen LogP contribution is -2.47. The van der Waals surface area contributed by atoms with Gasteiger partial charge < -0.3 is 14.1 Å². The number of ether oxygens (including phenoxy) is 1. The third-order valence-electron chi connectivity index (χ3n) is 5.81. The number of carbonyl (C=O) groups is 1. The first kappa shape index (κ1) is 23.4. The lowest BCUT2D eigenvalue weighted by Gasteiger charge is -2.37. The number of halogens is 1. The molecule has 0 radical (unpaired) electrons. The number of aryl methyl sites for hydroxylation is 1. The van der Waals surface area contributed by atoms with E-state index >= 15 is 0 Å². The number of nitrogens with zero attached hydrogens (tertiary/aromatic N) is 2. The van der Waals surface area contributed by atoms with Gasteiger partial charge >= 0.3 is 0 Å². The summed E-state index contributed by atoms with van der Waals surface area (Å²) in [5, 5.41) is 0.765. The minimum atomic E-state index is -1.87. The minimum absolute atomic E-state index is 0.0493. The molecule has 1 saturated heterocycles. The number of amides is 1. The molecule has 158 valence electrons. The number of carbonyl (C=O) groups excluding carboxylic acids is 1. The average Bonchev–Trinajstić information content (AvgIpc) is 2.61. The van der Waals surface area contributed by atoms with Gasteiger partial charge in [-0.3, -0.25) is 9.69 Å². The van der Waals surface area contributed by atoms with E-state index in [2.05, 4.69) is 38.8 Å². The molecule has 5 nitrogen and oxygen atoms in total. The predicted molar refractivity (Wildman–Crippen MR) is 119 cm³/mol. The van der Waals surface area contributed by atoms with Crippen LogP contribution in [0.3, 0.4) is 0 Å². The van der Waals surface area contributed by atoms with Crippen LogP contribution in [0.25, 0.3) is 0 Å². The fourth-order valence-electron chi connectivity index (χ4n) is 2.86. The highest BCUT2D eigenvalue weighted by Gasteiger charge is 2.37. The van der Waals surface area contributed by atoms with Crippen molar-refractivity contribution in [3.8, 4) is 0 Å². The summed E-state index contributed by atoms with van der Waals surface area (Å²) >= 11 is 6.56. The molecule has 7 heteroatoms. The van der Waals surface area contributed by atoms with Crippen LogP contribution in [-0.2, 0) is 14.0 Å². The maximum absolute atomic E-state index is 13.2. The van der Waals surface area contributed by atoms with Gasteiger partial charge in [-0.25, -0.2) is 0 Å². The highest BCUT2D eigenvalue weighted by molar-refractivity contribution is 6.74. The number of benzene rings is 1. The van der Waals surface area contributed by atoms with Crippen LogP contribution in [0.2, 0.25) is 23.2 Å². The van der Waals surface area contributed by atoms with Gasteiger partial charge in [0.25, 0.3) is 0 Å². The molecule has 0 aromatic heterocycles. The highest BCUT2D eigenvalue weighted by atomic mass is 35.5. The van der Waals surface area contributed by atoms with Gasteiger partial charge in [-0.15, -0.1) is 0 Å². The monoisotopic (exact) mass is 426 g/mol. The molecule has 0 unspecified atom stereocenters. The van der Waals surface area contributed by atoms with E-state index < -0.39 is 8.32 Å². The summed E-state index contributed by atoms with van der Waals surface area (Å²) in [7, 11) is -1.87. The number of morpholine rings is 1. The minimum Gasteiger partial charge on any atom is -0.415 e. The molecule has 1 heterocycles. The first-order valence-corrected chi connectivity index (χ1v) is 13.3. The second-order valence-electron chi connectivity index (χ2n) is 8.95. The molecule has 1 aromatic rings. The van der Waals surface area contributed by atoms with Crippen LogP contribution in [0.4, 0.5) is 5.69 Å². The molecule has 0 N–H and O–H groups in total. The molecule has 0 atom stereocenters. The summed E-state index contributed by atoms with van der Waals surface area (Å²) in [6, 6.07) is 5.82. The highest BCUT2D eigenvalue weighted by Crippen LogP contribution is 2.36. The number of rotatable bonds is 7. The van der Waals surface area contributed by atoms with Crippen LogP contribution in [0, 0.1) is 6.92 Å². The van der Waals surface area contributed by atoms with Crippen LogP contribution in [0.5, 0.6) is 0 Å². The van der Waals surface area contributed by atoms with Gasteiger partial charge in [0.2, 0.25) is 5.91 Å². The molecule has 1 aliphatic rings. The zero-order valence-corrected chi connectivity index (χ0v) is 19.9. The van der Waals surface area contributed by atoms with Gasteiger partial charge in [-0.2, -0.15) is 0 Å². The topological polar surface area (TPSA) is 42.0 Å². The second kappa shape index (κ2) is 9.72. The van der Waals surface area contributed by atoms with Crippen molar-refractivity contribution in [1.29, 1.82) is 0 Å². The number of hydrogen-bond donors (Lipinski definition) is 0. The summed E-state index contributed by atoms with van der Waals surface area (Å²) in [6.07, 6.45) is 0. The van der Waals surface area contributed by atoms with Crippen LogP contribution >= 0.6 is 11.6 Å². The van der Waals surface area contributed by atoms with E-state index in [0.29, 0.717) is 37.9 Å². The maximum Gasteiger partial charge on any atom is 0.241 e. The van der Waals surface area contributed by atoms with E-state index in [4.69, 9.17) is 20.8 Å². The van der Waals surface area contributed by atoms with Crippen molar-refractivity contribution in [1.82, 2.24) is 4.90 Å². The zero-order chi connectivity index (χ0) is 20.9. The van der Waals surface area contributed by atoms with Crippen LogP contribution in [0.1, 0.15) is 26.3 Å². The Morgan fingerprint density at radius 2 is 1.93 bits per heavy atom. The van der Waals surface area contributed by atoms with Crippen molar-refractivity contribution in [2.24, 2.45) is 0 Å². The summed E-state index contributed by atoms with van der Waals surface area (Å²) < 4.78 is 11.7. The van der Waals surface area contributed by atoms with Crippen molar-refractivity contribution in [2.45, 2.75) is 45.8 Å². The van der Waals surface area contributed by atoms with E-state index in [1.807, 2.05) is 25.1 Å². The molecule has 0 bridgehead atoms. The fourth-order valence-corrected chi connectivity index (χ4v) is 4.13. The fraction of sp³-hybridized carbons (Fsp3) is 0.667. The molecular weight excluding hydrogens is 392 g/mol. The Hall–Kier alpha value is -0.923. The van der Waals surface area contributed by atoms with E-state index in [1.54, 1.807) is 4.90 Å². The molecule has 0 aliphatic carbocycles. The van der Waals surface area contributed by atoms with Crippen molar-refractivity contribution in [2.75, 3.05) is 50.9 Å².